The summed E-state index contributed by atoms with van der Waals surface area (Å²) in [7, 11) is 3.33. The fourth-order valence-electron chi connectivity index (χ4n) is 5.60. The molecule has 1 aromatic heterocycles. The number of rotatable bonds is 7. The van der Waals surface area contributed by atoms with Gasteiger partial charge in [-0.25, -0.2) is 0 Å². The zero-order valence-corrected chi connectivity index (χ0v) is 21.6. The summed E-state index contributed by atoms with van der Waals surface area (Å²) in [5.74, 6) is 2.36. The SMILES string of the molecule is COc1ccc2c(c1)C(O)(c1ccc(OCCN3CCCCC3)cc1)c1c-2sc2cc(OC)ccc12. The van der Waals surface area contributed by atoms with Crippen LogP contribution in [-0.4, -0.2) is 50.5 Å². The quantitative estimate of drug-likeness (QED) is 0.334. The second-order valence-corrected chi connectivity index (χ2v) is 10.6. The van der Waals surface area contributed by atoms with E-state index in [2.05, 4.69) is 17.0 Å². The van der Waals surface area contributed by atoms with Crippen molar-refractivity contribution in [1.29, 1.82) is 0 Å². The molecule has 0 bridgehead atoms. The third-order valence-electron chi connectivity index (χ3n) is 7.52. The topological polar surface area (TPSA) is 51.2 Å². The molecular formula is C30H31NO4S. The number of thiophene rings is 1. The lowest BCUT2D eigenvalue weighted by atomic mass is 9.83. The minimum Gasteiger partial charge on any atom is -0.497 e. The summed E-state index contributed by atoms with van der Waals surface area (Å²) in [6.45, 7) is 3.96. The largest absolute Gasteiger partial charge is 0.497 e. The molecule has 3 aromatic carbocycles. The first-order valence-corrected chi connectivity index (χ1v) is 13.4. The Bertz CT molecular complexity index is 1390. The van der Waals surface area contributed by atoms with Gasteiger partial charge in [0, 0.05) is 32.6 Å². The number of methoxy groups -OCH3 is 2. The summed E-state index contributed by atoms with van der Waals surface area (Å²) in [6, 6.07) is 19.9. The van der Waals surface area contributed by atoms with Crippen molar-refractivity contribution in [2.45, 2.75) is 24.9 Å². The van der Waals surface area contributed by atoms with Crippen LogP contribution in [0, 0.1) is 0 Å². The Morgan fingerprint density at radius 2 is 1.56 bits per heavy atom. The number of nitrogens with zero attached hydrogens (tertiary/aromatic N) is 1. The lowest BCUT2D eigenvalue weighted by molar-refractivity contribution is 0.132. The van der Waals surface area contributed by atoms with Gasteiger partial charge in [0.1, 0.15) is 29.5 Å². The second kappa shape index (κ2) is 9.43. The summed E-state index contributed by atoms with van der Waals surface area (Å²) < 4.78 is 18.1. The molecule has 2 heterocycles. The van der Waals surface area contributed by atoms with E-state index in [9.17, 15) is 5.11 Å². The van der Waals surface area contributed by atoms with Gasteiger partial charge in [-0.1, -0.05) is 18.6 Å². The van der Waals surface area contributed by atoms with Gasteiger partial charge < -0.3 is 19.3 Å². The highest BCUT2D eigenvalue weighted by atomic mass is 32.1. The van der Waals surface area contributed by atoms with Crippen molar-refractivity contribution in [2.24, 2.45) is 0 Å². The number of benzene rings is 3. The van der Waals surface area contributed by atoms with E-state index in [-0.39, 0.29) is 0 Å². The van der Waals surface area contributed by atoms with Crippen molar-refractivity contribution in [3.63, 3.8) is 0 Å². The molecule has 1 atom stereocenters. The predicted octanol–water partition coefficient (Wildman–Crippen LogP) is 6.05. The van der Waals surface area contributed by atoms with Crippen molar-refractivity contribution in [3.8, 4) is 27.7 Å². The Kier molecular flexibility index (Phi) is 6.12. The standard InChI is InChI=1S/C30H31NO4S/c1-33-22-10-12-24-26(18-22)30(32,28-25-13-11-23(34-2)19-27(25)36-29(24)28)20-6-8-21(9-7-20)35-17-16-31-14-4-3-5-15-31/h6-13,18-19,32H,3-5,14-17H2,1-2H3. The zero-order chi connectivity index (χ0) is 24.7. The molecule has 1 saturated heterocycles. The molecule has 1 N–H and O–H groups in total. The van der Waals surface area contributed by atoms with E-state index >= 15 is 0 Å². The molecule has 5 nitrogen and oxygen atoms in total. The molecule has 0 radical (unpaired) electrons. The van der Waals surface area contributed by atoms with Crippen LogP contribution in [0.2, 0.25) is 0 Å². The molecule has 36 heavy (non-hydrogen) atoms. The van der Waals surface area contributed by atoms with Gasteiger partial charge in [0.25, 0.3) is 0 Å². The van der Waals surface area contributed by atoms with Crippen LogP contribution in [-0.2, 0) is 5.60 Å². The molecule has 1 aliphatic carbocycles. The highest BCUT2D eigenvalue weighted by Crippen LogP contribution is 2.57. The van der Waals surface area contributed by atoms with E-state index < -0.39 is 5.60 Å². The number of hydrogen-bond donors (Lipinski definition) is 1. The Labute approximate surface area is 215 Å². The van der Waals surface area contributed by atoms with Crippen LogP contribution in [0.15, 0.2) is 60.7 Å². The lowest BCUT2D eigenvalue weighted by Gasteiger charge is -2.27. The molecule has 0 amide bonds. The average molecular weight is 502 g/mol. The molecule has 6 rings (SSSR count). The van der Waals surface area contributed by atoms with Gasteiger partial charge in [-0.05, 0) is 85.6 Å². The Hall–Kier alpha value is -3.06. The van der Waals surface area contributed by atoms with Crippen LogP contribution in [0.5, 0.6) is 17.2 Å². The predicted molar refractivity (Wildman–Crippen MR) is 145 cm³/mol. The van der Waals surface area contributed by atoms with Crippen molar-refractivity contribution in [2.75, 3.05) is 40.5 Å². The summed E-state index contributed by atoms with van der Waals surface area (Å²) in [4.78, 5) is 3.56. The average Bonchev–Trinajstić information content (AvgIpc) is 3.42. The van der Waals surface area contributed by atoms with Crippen molar-refractivity contribution < 1.29 is 19.3 Å². The van der Waals surface area contributed by atoms with Gasteiger partial charge in [0.2, 0.25) is 0 Å². The van der Waals surface area contributed by atoms with Gasteiger partial charge in [-0.15, -0.1) is 11.3 Å². The second-order valence-electron chi connectivity index (χ2n) is 9.57. The van der Waals surface area contributed by atoms with Crippen LogP contribution in [0.1, 0.15) is 36.0 Å². The summed E-state index contributed by atoms with van der Waals surface area (Å²) in [6.07, 6.45) is 3.91. The van der Waals surface area contributed by atoms with Gasteiger partial charge in [-0.3, -0.25) is 4.90 Å². The minimum absolute atomic E-state index is 0.671. The number of ether oxygens (including phenoxy) is 3. The van der Waals surface area contributed by atoms with Crippen molar-refractivity contribution >= 4 is 21.4 Å². The normalized spacial score (nSPS) is 19.2. The molecule has 1 aliphatic heterocycles. The fraction of sp³-hybridized carbons (Fsp3) is 0.333. The van der Waals surface area contributed by atoms with Crippen LogP contribution in [0.25, 0.3) is 20.5 Å². The summed E-state index contributed by atoms with van der Waals surface area (Å²) in [5, 5.41) is 13.5. The van der Waals surface area contributed by atoms with Gasteiger partial charge in [0.05, 0.1) is 14.2 Å². The van der Waals surface area contributed by atoms with E-state index in [1.807, 2.05) is 48.5 Å². The van der Waals surface area contributed by atoms with E-state index in [1.165, 1.54) is 32.4 Å². The first-order valence-electron chi connectivity index (χ1n) is 12.6. The van der Waals surface area contributed by atoms with Gasteiger partial charge >= 0.3 is 0 Å². The maximum absolute atomic E-state index is 12.5. The maximum Gasteiger partial charge on any atom is 0.143 e. The lowest BCUT2D eigenvalue weighted by Crippen LogP contribution is -2.33. The third-order valence-corrected chi connectivity index (χ3v) is 8.70. The number of fused-ring (bicyclic) bond motifs is 5. The minimum atomic E-state index is -1.29. The molecule has 2 aliphatic rings. The first kappa shape index (κ1) is 23.3. The highest BCUT2D eigenvalue weighted by Gasteiger charge is 2.46. The van der Waals surface area contributed by atoms with Crippen LogP contribution in [0.4, 0.5) is 0 Å². The molecule has 4 aromatic rings. The van der Waals surface area contributed by atoms with E-state index in [0.717, 1.165) is 61.0 Å². The van der Waals surface area contributed by atoms with Crippen LogP contribution >= 0.6 is 11.3 Å². The molecule has 186 valence electrons. The van der Waals surface area contributed by atoms with E-state index in [4.69, 9.17) is 14.2 Å². The smallest absolute Gasteiger partial charge is 0.143 e. The number of likely N-dealkylation sites (tertiary alicyclic amines) is 1. The van der Waals surface area contributed by atoms with Crippen LogP contribution in [0.3, 0.4) is 0 Å². The zero-order valence-electron chi connectivity index (χ0n) is 20.8. The van der Waals surface area contributed by atoms with Gasteiger partial charge in [-0.2, -0.15) is 0 Å². The number of hydrogen-bond acceptors (Lipinski definition) is 6. The third kappa shape index (κ3) is 3.84. The Balaban J connectivity index is 1.36. The maximum atomic E-state index is 12.5. The Morgan fingerprint density at radius 3 is 2.31 bits per heavy atom. The molecular weight excluding hydrogens is 470 g/mol. The number of aliphatic hydroxyl groups is 1. The Morgan fingerprint density at radius 1 is 0.861 bits per heavy atom. The molecule has 1 fully saturated rings. The molecule has 0 saturated carbocycles. The summed E-state index contributed by atoms with van der Waals surface area (Å²) >= 11 is 1.69. The highest BCUT2D eigenvalue weighted by molar-refractivity contribution is 7.22. The van der Waals surface area contributed by atoms with E-state index in [0.29, 0.717) is 6.61 Å². The summed E-state index contributed by atoms with van der Waals surface area (Å²) in [5.41, 5.74) is 2.33. The fourth-order valence-corrected chi connectivity index (χ4v) is 6.93. The monoisotopic (exact) mass is 501 g/mol. The molecule has 0 spiro atoms. The van der Waals surface area contributed by atoms with Crippen LogP contribution < -0.4 is 14.2 Å². The van der Waals surface area contributed by atoms with Gasteiger partial charge in [0.15, 0.2) is 0 Å². The van der Waals surface area contributed by atoms with Crippen molar-refractivity contribution in [3.05, 3.63) is 77.4 Å². The first-order chi connectivity index (χ1) is 17.6. The molecule has 1 unspecified atom stereocenters. The van der Waals surface area contributed by atoms with E-state index in [1.54, 1.807) is 25.6 Å². The molecule has 6 heteroatoms. The number of piperidine rings is 1. The van der Waals surface area contributed by atoms with Crippen molar-refractivity contribution in [1.82, 2.24) is 4.90 Å².